The maximum absolute atomic E-state index is 13.6. The molecular formula is C15H11ClF2O. The highest BCUT2D eigenvalue weighted by Gasteiger charge is 2.15. The zero-order valence-electron chi connectivity index (χ0n) is 10.2. The average Bonchev–Trinajstić information content (AvgIpc) is 2.36. The van der Waals surface area contributed by atoms with Gasteiger partial charge in [-0.15, -0.1) is 0 Å². The van der Waals surface area contributed by atoms with Crippen LogP contribution in [0.5, 0.6) is 0 Å². The van der Waals surface area contributed by atoms with Crippen molar-refractivity contribution in [3.05, 3.63) is 69.7 Å². The van der Waals surface area contributed by atoms with Gasteiger partial charge in [-0.2, -0.15) is 0 Å². The summed E-state index contributed by atoms with van der Waals surface area (Å²) in [6.07, 6.45) is -0.216. The zero-order chi connectivity index (χ0) is 14.0. The number of ketones is 1. The van der Waals surface area contributed by atoms with Gasteiger partial charge in [-0.1, -0.05) is 23.2 Å². The number of carbonyl (C=O) groups excluding carboxylic acids is 1. The fourth-order valence-electron chi connectivity index (χ4n) is 1.80. The lowest BCUT2D eigenvalue weighted by Gasteiger charge is -2.06. The molecule has 0 amide bonds. The highest BCUT2D eigenvalue weighted by Crippen LogP contribution is 2.18. The van der Waals surface area contributed by atoms with Gasteiger partial charge in [0.2, 0.25) is 0 Å². The van der Waals surface area contributed by atoms with Gasteiger partial charge in [-0.25, -0.2) is 8.78 Å². The maximum atomic E-state index is 13.6. The second kappa shape index (κ2) is 5.49. The topological polar surface area (TPSA) is 17.1 Å². The molecule has 0 atom stereocenters. The number of halogens is 3. The van der Waals surface area contributed by atoms with Crippen LogP contribution in [0, 0.1) is 18.6 Å². The van der Waals surface area contributed by atoms with E-state index in [9.17, 15) is 13.6 Å². The number of Topliss-reactive ketones (excluding diaryl/α,β-unsaturated/α-hetero) is 1. The molecule has 98 valence electrons. The van der Waals surface area contributed by atoms with Crippen LogP contribution in [0.25, 0.3) is 0 Å². The Hall–Kier alpha value is -1.74. The minimum atomic E-state index is -0.599. The van der Waals surface area contributed by atoms with E-state index < -0.39 is 17.4 Å². The van der Waals surface area contributed by atoms with Crippen LogP contribution in [-0.2, 0) is 6.42 Å². The van der Waals surface area contributed by atoms with Crippen molar-refractivity contribution in [2.75, 3.05) is 0 Å². The van der Waals surface area contributed by atoms with Crippen LogP contribution in [0.15, 0.2) is 36.4 Å². The third-order valence-corrected chi connectivity index (χ3v) is 3.02. The Morgan fingerprint density at radius 2 is 1.79 bits per heavy atom. The summed E-state index contributed by atoms with van der Waals surface area (Å²) in [4.78, 5) is 12.0. The van der Waals surface area contributed by atoms with Crippen molar-refractivity contribution >= 4 is 17.4 Å². The first-order chi connectivity index (χ1) is 8.97. The van der Waals surface area contributed by atoms with Crippen molar-refractivity contribution in [3.63, 3.8) is 0 Å². The molecule has 0 saturated heterocycles. The Morgan fingerprint density at radius 3 is 2.53 bits per heavy atom. The van der Waals surface area contributed by atoms with Gasteiger partial charge >= 0.3 is 0 Å². The third-order valence-electron chi connectivity index (χ3n) is 2.78. The van der Waals surface area contributed by atoms with E-state index in [-0.39, 0.29) is 17.5 Å². The predicted molar refractivity (Wildman–Crippen MR) is 70.6 cm³/mol. The number of aryl methyl sites for hydroxylation is 1. The molecule has 0 aliphatic heterocycles. The number of rotatable bonds is 3. The highest BCUT2D eigenvalue weighted by atomic mass is 35.5. The average molecular weight is 281 g/mol. The Balaban J connectivity index is 2.30. The first-order valence-electron chi connectivity index (χ1n) is 5.70. The van der Waals surface area contributed by atoms with E-state index in [0.717, 1.165) is 5.56 Å². The standard InChI is InChI=1S/C15H11ClF2O/c1-9-2-4-14(18)12(6-9)15(19)8-10-7-11(16)3-5-13(10)17/h2-7H,8H2,1H3. The van der Waals surface area contributed by atoms with Gasteiger partial charge in [0.05, 0.1) is 5.56 Å². The van der Waals surface area contributed by atoms with Gasteiger partial charge < -0.3 is 0 Å². The van der Waals surface area contributed by atoms with E-state index in [2.05, 4.69) is 0 Å². The lowest BCUT2D eigenvalue weighted by molar-refractivity contribution is 0.0988. The summed E-state index contributed by atoms with van der Waals surface area (Å²) in [6.45, 7) is 1.76. The van der Waals surface area contributed by atoms with Crippen molar-refractivity contribution < 1.29 is 13.6 Å². The zero-order valence-corrected chi connectivity index (χ0v) is 11.0. The number of benzene rings is 2. The Labute approximate surface area is 114 Å². The van der Waals surface area contributed by atoms with Crippen LogP contribution >= 0.6 is 11.6 Å². The van der Waals surface area contributed by atoms with Crippen LogP contribution in [0.2, 0.25) is 5.02 Å². The molecule has 0 heterocycles. The van der Waals surface area contributed by atoms with E-state index in [1.54, 1.807) is 13.0 Å². The monoisotopic (exact) mass is 280 g/mol. The van der Waals surface area contributed by atoms with E-state index in [1.807, 2.05) is 0 Å². The first kappa shape index (κ1) is 13.7. The molecule has 0 fully saturated rings. The van der Waals surface area contributed by atoms with Gasteiger partial charge in [0.25, 0.3) is 0 Å². The normalized spacial score (nSPS) is 10.5. The molecule has 0 aliphatic carbocycles. The minimum Gasteiger partial charge on any atom is -0.294 e. The molecule has 2 aromatic rings. The summed E-state index contributed by atoms with van der Waals surface area (Å²) >= 11 is 5.75. The lowest BCUT2D eigenvalue weighted by Crippen LogP contribution is -2.08. The highest BCUT2D eigenvalue weighted by molar-refractivity contribution is 6.30. The molecule has 0 spiro atoms. The SMILES string of the molecule is Cc1ccc(F)c(C(=O)Cc2cc(Cl)ccc2F)c1. The largest absolute Gasteiger partial charge is 0.294 e. The number of hydrogen-bond donors (Lipinski definition) is 0. The van der Waals surface area contributed by atoms with Crippen molar-refractivity contribution in [1.29, 1.82) is 0 Å². The molecule has 0 bridgehead atoms. The van der Waals surface area contributed by atoms with Gasteiger partial charge in [0.1, 0.15) is 11.6 Å². The van der Waals surface area contributed by atoms with Crippen molar-refractivity contribution in [3.8, 4) is 0 Å². The Morgan fingerprint density at radius 1 is 1.11 bits per heavy atom. The summed E-state index contributed by atoms with van der Waals surface area (Å²) in [6, 6.07) is 8.24. The second-order valence-corrected chi connectivity index (χ2v) is 4.76. The van der Waals surface area contributed by atoms with E-state index in [4.69, 9.17) is 11.6 Å². The molecule has 0 aromatic heterocycles. The minimum absolute atomic E-state index is 0.0284. The molecule has 0 aliphatic rings. The molecule has 2 aromatic carbocycles. The summed E-state index contributed by atoms with van der Waals surface area (Å²) in [7, 11) is 0. The predicted octanol–water partition coefficient (Wildman–Crippen LogP) is 4.35. The first-order valence-corrected chi connectivity index (χ1v) is 6.08. The molecule has 2 rings (SSSR count). The van der Waals surface area contributed by atoms with Crippen molar-refractivity contribution in [1.82, 2.24) is 0 Å². The number of carbonyl (C=O) groups is 1. The van der Waals surface area contributed by atoms with Gasteiger partial charge in [0.15, 0.2) is 5.78 Å². The quantitative estimate of drug-likeness (QED) is 0.764. The molecular weight excluding hydrogens is 270 g/mol. The fraction of sp³-hybridized carbons (Fsp3) is 0.133. The van der Waals surface area contributed by atoms with Crippen molar-refractivity contribution in [2.45, 2.75) is 13.3 Å². The van der Waals surface area contributed by atoms with Gasteiger partial charge in [0, 0.05) is 11.4 Å². The third kappa shape index (κ3) is 3.18. The summed E-state index contributed by atoms with van der Waals surface area (Å²) in [5.41, 5.74) is 0.911. The lowest BCUT2D eigenvalue weighted by atomic mass is 10.0. The van der Waals surface area contributed by atoms with Crippen LogP contribution in [-0.4, -0.2) is 5.78 Å². The van der Waals surface area contributed by atoms with E-state index in [0.29, 0.717) is 5.02 Å². The van der Waals surface area contributed by atoms with Crippen LogP contribution in [0.3, 0.4) is 0 Å². The van der Waals surface area contributed by atoms with Crippen molar-refractivity contribution in [2.24, 2.45) is 0 Å². The molecule has 0 N–H and O–H groups in total. The van der Waals surface area contributed by atoms with Crippen LogP contribution in [0.1, 0.15) is 21.5 Å². The number of hydrogen-bond acceptors (Lipinski definition) is 1. The second-order valence-electron chi connectivity index (χ2n) is 4.32. The van der Waals surface area contributed by atoms with Crippen LogP contribution in [0.4, 0.5) is 8.78 Å². The molecule has 0 unspecified atom stereocenters. The summed E-state index contributed by atoms with van der Waals surface area (Å²) in [5, 5.41) is 0.342. The summed E-state index contributed by atoms with van der Waals surface area (Å²) < 4.78 is 27.1. The van der Waals surface area contributed by atoms with Crippen LogP contribution < -0.4 is 0 Å². The van der Waals surface area contributed by atoms with E-state index in [1.165, 1.54) is 30.3 Å². The summed E-state index contributed by atoms with van der Waals surface area (Å²) in [5.74, 6) is -1.59. The van der Waals surface area contributed by atoms with Gasteiger partial charge in [-0.05, 0) is 42.8 Å². The van der Waals surface area contributed by atoms with E-state index >= 15 is 0 Å². The van der Waals surface area contributed by atoms with Gasteiger partial charge in [-0.3, -0.25) is 4.79 Å². The Bertz CT molecular complexity index is 638. The fourth-order valence-corrected chi connectivity index (χ4v) is 1.99. The Kier molecular flexibility index (Phi) is 3.96. The molecule has 0 radical (unpaired) electrons. The maximum Gasteiger partial charge on any atom is 0.170 e. The molecule has 4 heteroatoms. The molecule has 1 nitrogen and oxygen atoms in total. The molecule has 19 heavy (non-hydrogen) atoms. The molecule has 0 saturated carbocycles. The smallest absolute Gasteiger partial charge is 0.170 e.